The van der Waals surface area contributed by atoms with E-state index in [0.717, 1.165) is 103 Å². The SMILES string of the molecule is CCCCCC/C=C\C/C=C\CCCCCCCC(=O)OC(COC(=O)CCCCCCC/C=C\CCCCCC)COC(=O)CCCCCCCCCCCCCCCCCC/C=C\C/C=C\C/C=C\CCCCCCC. The normalized spacial score (nSPS) is 12.5. The van der Waals surface area contributed by atoms with Crippen LogP contribution in [0, 0.1) is 0 Å². The first-order valence-corrected chi connectivity index (χ1v) is 33.9. The van der Waals surface area contributed by atoms with Crippen LogP contribution in [0.15, 0.2) is 72.9 Å². The van der Waals surface area contributed by atoms with Gasteiger partial charge in [0.1, 0.15) is 13.2 Å². The first-order valence-electron chi connectivity index (χ1n) is 33.9. The Labute approximate surface area is 484 Å². The molecule has 6 heteroatoms. The zero-order valence-electron chi connectivity index (χ0n) is 51.9. The Kier molecular flexibility index (Phi) is 63.7. The van der Waals surface area contributed by atoms with Crippen LogP contribution in [0.1, 0.15) is 348 Å². The van der Waals surface area contributed by atoms with Crippen LogP contribution in [0.5, 0.6) is 0 Å². The zero-order valence-corrected chi connectivity index (χ0v) is 51.9. The number of carbonyl (C=O) groups excluding carboxylic acids is 3. The van der Waals surface area contributed by atoms with E-state index < -0.39 is 6.10 Å². The summed E-state index contributed by atoms with van der Waals surface area (Å²) < 4.78 is 16.9. The van der Waals surface area contributed by atoms with Crippen LogP contribution in [0.2, 0.25) is 0 Å². The molecule has 0 aliphatic rings. The molecule has 0 heterocycles. The van der Waals surface area contributed by atoms with Crippen LogP contribution in [0.25, 0.3) is 0 Å². The molecule has 6 nitrogen and oxygen atoms in total. The number of hydrogen-bond acceptors (Lipinski definition) is 6. The van der Waals surface area contributed by atoms with Crippen LogP contribution in [-0.4, -0.2) is 37.2 Å². The van der Waals surface area contributed by atoms with E-state index >= 15 is 0 Å². The van der Waals surface area contributed by atoms with E-state index in [1.54, 1.807) is 0 Å². The summed E-state index contributed by atoms with van der Waals surface area (Å²) in [5, 5.41) is 0. The third-order valence-corrected chi connectivity index (χ3v) is 14.9. The Hall–Kier alpha value is -3.15. The van der Waals surface area contributed by atoms with E-state index in [2.05, 4.69) is 93.7 Å². The Balaban J connectivity index is 4.19. The summed E-state index contributed by atoms with van der Waals surface area (Å²) in [6.45, 7) is 6.61. The van der Waals surface area contributed by atoms with E-state index in [-0.39, 0.29) is 31.1 Å². The molecule has 0 bridgehead atoms. The second kappa shape index (κ2) is 66.4. The molecule has 78 heavy (non-hydrogen) atoms. The summed E-state index contributed by atoms with van der Waals surface area (Å²) >= 11 is 0. The van der Waals surface area contributed by atoms with Gasteiger partial charge in [-0.2, -0.15) is 0 Å². The van der Waals surface area contributed by atoms with E-state index in [4.69, 9.17) is 14.2 Å². The maximum absolute atomic E-state index is 12.9. The Morgan fingerprint density at radius 1 is 0.256 bits per heavy atom. The molecular formula is C72H128O6. The van der Waals surface area contributed by atoms with Crippen molar-refractivity contribution in [2.24, 2.45) is 0 Å². The van der Waals surface area contributed by atoms with Gasteiger partial charge in [-0.15, -0.1) is 0 Å². The van der Waals surface area contributed by atoms with Crippen molar-refractivity contribution in [1.82, 2.24) is 0 Å². The van der Waals surface area contributed by atoms with Gasteiger partial charge in [0.15, 0.2) is 6.10 Å². The lowest BCUT2D eigenvalue weighted by Gasteiger charge is -2.18. The number of hydrogen-bond donors (Lipinski definition) is 0. The lowest BCUT2D eigenvalue weighted by atomic mass is 10.0. The molecule has 0 amide bonds. The highest BCUT2D eigenvalue weighted by atomic mass is 16.6. The number of esters is 3. The lowest BCUT2D eigenvalue weighted by Crippen LogP contribution is -2.30. The van der Waals surface area contributed by atoms with Gasteiger partial charge in [-0.25, -0.2) is 0 Å². The fourth-order valence-corrected chi connectivity index (χ4v) is 9.77. The first kappa shape index (κ1) is 74.8. The van der Waals surface area contributed by atoms with E-state index in [1.165, 1.54) is 205 Å². The molecule has 0 aromatic carbocycles. The zero-order chi connectivity index (χ0) is 56.4. The molecule has 1 unspecified atom stereocenters. The highest BCUT2D eigenvalue weighted by molar-refractivity contribution is 5.71. The molecule has 0 radical (unpaired) electrons. The van der Waals surface area contributed by atoms with Crippen molar-refractivity contribution >= 4 is 17.9 Å². The summed E-state index contributed by atoms with van der Waals surface area (Å²) in [6.07, 6.45) is 86.4. The van der Waals surface area contributed by atoms with Gasteiger partial charge in [0.25, 0.3) is 0 Å². The van der Waals surface area contributed by atoms with Gasteiger partial charge < -0.3 is 14.2 Å². The van der Waals surface area contributed by atoms with Crippen molar-refractivity contribution in [2.75, 3.05) is 13.2 Å². The molecule has 0 saturated carbocycles. The highest BCUT2D eigenvalue weighted by Gasteiger charge is 2.19. The average molecular weight is 1090 g/mol. The van der Waals surface area contributed by atoms with Crippen LogP contribution in [-0.2, 0) is 28.6 Å². The molecule has 0 aromatic rings. The van der Waals surface area contributed by atoms with E-state index in [1.807, 2.05) is 0 Å². The molecular weight excluding hydrogens is 961 g/mol. The van der Waals surface area contributed by atoms with Crippen LogP contribution >= 0.6 is 0 Å². The first-order chi connectivity index (χ1) is 38.5. The van der Waals surface area contributed by atoms with Crippen molar-refractivity contribution < 1.29 is 28.6 Å². The fraction of sp³-hybridized carbons (Fsp3) is 0.792. The van der Waals surface area contributed by atoms with Gasteiger partial charge in [0, 0.05) is 19.3 Å². The maximum Gasteiger partial charge on any atom is 0.306 e. The quantitative estimate of drug-likeness (QED) is 0.0261. The Bertz CT molecular complexity index is 1440. The van der Waals surface area contributed by atoms with E-state index in [9.17, 15) is 14.4 Å². The van der Waals surface area contributed by atoms with Gasteiger partial charge in [-0.3, -0.25) is 14.4 Å². The molecule has 0 aliphatic heterocycles. The lowest BCUT2D eigenvalue weighted by molar-refractivity contribution is -0.167. The topological polar surface area (TPSA) is 78.9 Å². The minimum atomic E-state index is -0.786. The molecule has 0 spiro atoms. The van der Waals surface area contributed by atoms with Crippen molar-refractivity contribution in [1.29, 1.82) is 0 Å². The molecule has 1 atom stereocenters. The molecule has 0 saturated heterocycles. The smallest absolute Gasteiger partial charge is 0.306 e. The van der Waals surface area contributed by atoms with Gasteiger partial charge in [0.2, 0.25) is 0 Å². The summed E-state index contributed by atoms with van der Waals surface area (Å²) in [4.78, 5) is 38.3. The Morgan fingerprint density at radius 3 is 0.744 bits per heavy atom. The summed E-state index contributed by atoms with van der Waals surface area (Å²) in [5.41, 5.74) is 0. The molecule has 0 N–H and O–H groups in total. The summed E-state index contributed by atoms with van der Waals surface area (Å²) in [6, 6.07) is 0. The average Bonchev–Trinajstić information content (AvgIpc) is 3.44. The van der Waals surface area contributed by atoms with Gasteiger partial charge >= 0.3 is 17.9 Å². The molecule has 0 fully saturated rings. The number of rotatable bonds is 62. The van der Waals surface area contributed by atoms with Crippen LogP contribution in [0.4, 0.5) is 0 Å². The van der Waals surface area contributed by atoms with Crippen LogP contribution < -0.4 is 0 Å². The van der Waals surface area contributed by atoms with Crippen molar-refractivity contribution in [3.05, 3.63) is 72.9 Å². The number of unbranched alkanes of at least 4 members (excludes halogenated alkanes) is 39. The number of allylic oxidation sites excluding steroid dienone is 12. The minimum Gasteiger partial charge on any atom is -0.462 e. The minimum absolute atomic E-state index is 0.0812. The van der Waals surface area contributed by atoms with E-state index in [0.29, 0.717) is 19.3 Å². The molecule has 0 aromatic heterocycles. The number of carbonyl (C=O) groups is 3. The summed E-state index contributed by atoms with van der Waals surface area (Å²) in [7, 11) is 0. The predicted molar refractivity (Wildman–Crippen MR) is 339 cm³/mol. The van der Waals surface area contributed by atoms with Crippen molar-refractivity contribution in [2.45, 2.75) is 354 Å². The van der Waals surface area contributed by atoms with Gasteiger partial charge in [-0.1, -0.05) is 286 Å². The van der Waals surface area contributed by atoms with Gasteiger partial charge in [0.05, 0.1) is 0 Å². The number of ether oxygens (including phenoxy) is 3. The fourth-order valence-electron chi connectivity index (χ4n) is 9.77. The van der Waals surface area contributed by atoms with Crippen molar-refractivity contribution in [3.63, 3.8) is 0 Å². The second-order valence-electron chi connectivity index (χ2n) is 22.7. The van der Waals surface area contributed by atoms with Gasteiger partial charge in [-0.05, 0) is 116 Å². The third-order valence-electron chi connectivity index (χ3n) is 14.9. The molecule has 0 rings (SSSR count). The summed E-state index contributed by atoms with van der Waals surface area (Å²) in [5.74, 6) is -0.889. The largest absolute Gasteiger partial charge is 0.462 e. The predicted octanol–water partition coefficient (Wildman–Crippen LogP) is 23.3. The standard InChI is InChI=1S/C72H128O6/c1-4-7-10-13-16-19-22-25-27-29-30-31-32-33-34-35-36-37-38-39-40-41-42-43-45-47-50-53-56-59-62-65-71(74)77-68-69(67-76-70(73)64-61-58-55-52-49-46-24-21-18-15-12-9-6-3)78-72(75)66-63-60-57-54-51-48-44-28-26-23-20-17-14-11-8-5-2/h20-25,28-30,32-33,44,69H,4-19,26-27,31,34-43,45-68H2,1-3H3/b23-20-,24-21-,25-22-,30-29-,33-32-,44-28-. The second-order valence-corrected chi connectivity index (χ2v) is 22.7. The maximum atomic E-state index is 12.9. The molecule has 452 valence electrons. The third kappa shape index (κ3) is 63.7. The molecule has 0 aliphatic carbocycles. The van der Waals surface area contributed by atoms with Crippen LogP contribution in [0.3, 0.4) is 0 Å². The highest BCUT2D eigenvalue weighted by Crippen LogP contribution is 2.17. The monoisotopic (exact) mass is 1090 g/mol. The van der Waals surface area contributed by atoms with Crippen molar-refractivity contribution in [3.8, 4) is 0 Å². The Morgan fingerprint density at radius 2 is 0.462 bits per heavy atom.